The molecule has 1 heterocycles. The molecule has 0 aliphatic carbocycles. The Hall–Kier alpha value is -1.65. The molecular weight excluding hydrogens is 224 g/mol. The minimum Gasteiger partial charge on any atom is -0.369 e. The fraction of sp³-hybridized carbons (Fsp3) is 0.417. The molecule has 0 fully saturated rings. The Balaban J connectivity index is 2.68. The molecule has 2 rings (SSSR count). The first-order valence-corrected chi connectivity index (χ1v) is 5.67. The fourth-order valence-corrected chi connectivity index (χ4v) is 2.13. The molecule has 0 saturated carbocycles. The van der Waals surface area contributed by atoms with Crippen LogP contribution >= 0.6 is 0 Å². The van der Waals surface area contributed by atoms with Crippen molar-refractivity contribution in [3.8, 4) is 0 Å². The Kier molecular flexibility index (Phi) is 3.00. The van der Waals surface area contributed by atoms with Gasteiger partial charge in [-0.05, 0) is 25.5 Å². The summed E-state index contributed by atoms with van der Waals surface area (Å²) in [5, 5.41) is 0. The molecule has 0 spiro atoms. The van der Waals surface area contributed by atoms with Gasteiger partial charge in [0.2, 0.25) is 5.95 Å². The molecule has 3 nitrogen and oxygen atoms in total. The van der Waals surface area contributed by atoms with Crippen molar-refractivity contribution in [2.45, 2.75) is 32.7 Å². The van der Waals surface area contributed by atoms with E-state index in [0.29, 0.717) is 5.52 Å². The van der Waals surface area contributed by atoms with E-state index in [4.69, 9.17) is 5.73 Å². The summed E-state index contributed by atoms with van der Waals surface area (Å²) < 4.78 is 28.6. The number of imidazole rings is 1. The Labute approximate surface area is 98.2 Å². The third-order valence-electron chi connectivity index (χ3n) is 2.92. The molecule has 0 aliphatic heterocycles. The summed E-state index contributed by atoms with van der Waals surface area (Å²) in [6.07, 6.45) is 1.78. The minimum absolute atomic E-state index is 0.00120. The van der Waals surface area contributed by atoms with Gasteiger partial charge in [-0.3, -0.25) is 0 Å². The van der Waals surface area contributed by atoms with Gasteiger partial charge < -0.3 is 10.3 Å². The summed E-state index contributed by atoms with van der Waals surface area (Å²) in [6, 6.07) is 2.51. The van der Waals surface area contributed by atoms with Crippen molar-refractivity contribution < 1.29 is 8.78 Å². The molecule has 0 saturated heterocycles. The third-order valence-corrected chi connectivity index (χ3v) is 2.92. The molecule has 0 amide bonds. The average molecular weight is 239 g/mol. The van der Waals surface area contributed by atoms with Crippen molar-refractivity contribution in [2.75, 3.05) is 5.73 Å². The molecule has 0 aliphatic rings. The molecule has 92 valence electrons. The van der Waals surface area contributed by atoms with Crippen LogP contribution in [0.4, 0.5) is 14.7 Å². The molecule has 2 N–H and O–H groups in total. The van der Waals surface area contributed by atoms with E-state index in [1.54, 1.807) is 4.57 Å². The van der Waals surface area contributed by atoms with Crippen LogP contribution in [0.5, 0.6) is 0 Å². The van der Waals surface area contributed by atoms with E-state index in [9.17, 15) is 8.78 Å². The molecule has 0 radical (unpaired) electrons. The number of nitrogens with two attached hydrogens (primary N) is 1. The summed E-state index contributed by atoms with van der Waals surface area (Å²) in [5.74, 6) is -1.53. The number of fused-ring (bicyclic) bond motifs is 1. The van der Waals surface area contributed by atoms with Crippen molar-refractivity contribution in [3.05, 3.63) is 23.8 Å². The number of rotatable bonds is 3. The first-order chi connectivity index (χ1) is 8.06. The number of halogens is 2. The number of anilines is 1. The first-order valence-electron chi connectivity index (χ1n) is 5.67. The first kappa shape index (κ1) is 11.8. The zero-order chi connectivity index (χ0) is 12.6. The number of aromatic nitrogens is 2. The highest BCUT2D eigenvalue weighted by Crippen LogP contribution is 2.28. The van der Waals surface area contributed by atoms with E-state index in [1.165, 1.54) is 6.07 Å². The lowest BCUT2D eigenvalue weighted by atomic mass is 10.2. The van der Waals surface area contributed by atoms with Crippen LogP contribution in [0.2, 0.25) is 0 Å². The fourth-order valence-electron chi connectivity index (χ4n) is 2.13. The highest BCUT2D eigenvalue weighted by molar-refractivity contribution is 5.79. The van der Waals surface area contributed by atoms with Crippen LogP contribution in [0.3, 0.4) is 0 Å². The van der Waals surface area contributed by atoms with E-state index in [-0.39, 0.29) is 17.5 Å². The van der Waals surface area contributed by atoms with Gasteiger partial charge in [-0.2, -0.15) is 0 Å². The average Bonchev–Trinajstić information content (AvgIpc) is 2.61. The van der Waals surface area contributed by atoms with Crippen molar-refractivity contribution >= 4 is 17.0 Å². The van der Waals surface area contributed by atoms with Gasteiger partial charge in [0.1, 0.15) is 5.52 Å². The summed E-state index contributed by atoms with van der Waals surface area (Å²) in [6.45, 7) is 3.95. The zero-order valence-corrected chi connectivity index (χ0v) is 9.87. The molecule has 1 aromatic carbocycles. The highest BCUT2D eigenvalue weighted by Gasteiger charge is 2.18. The monoisotopic (exact) mass is 239 g/mol. The van der Waals surface area contributed by atoms with Gasteiger partial charge in [-0.25, -0.2) is 13.8 Å². The van der Waals surface area contributed by atoms with Crippen LogP contribution in [0.15, 0.2) is 12.1 Å². The smallest absolute Gasteiger partial charge is 0.201 e. The lowest BCUT2D eigenvalue weighted by Gasteiger charge is -2.15. The molecule has 0 bridgehead atoms. The second kappa shape index (κ2) is 4.31. The van der Waals surface area contributed by atoms with Crippen molar-refractivity contribution in [1.82, 2.24) is 9.55 Å². The van der Waals surface area contributed by atoms with Crippen LogP contribution in [0.1, 0.15) is 32.7 Å². The van der Waals surface area contributed by atoms with Gasteiger partial charge in [0.05, 0.1) is 5.52 Å². The summed E-state index contributed by atoms with van der Waals surface area (Å²) >= 11 is 0. The van der Waals surface area contributed by atoms with Crippen LogP contribution < -0.4 is 5.73 Å². The van der Waals surface area contributed by atoms with Crippen molar-refractivity contribution in [3.63, 3.8) is 0 Å². The van der Waals surface area contributed by atoms with E-state index in [2.05, 4.69) is 4.98 Å². The number of nitrogen functional groups attached to an aromatic ring is 1. The highest BCUT2D eigenvalue weighted by atomic mass is 19.2. The second-order valence-corrected chi connectivity index (χ2v) is 4.21. The number of hydrogen-bond donors (Lipinski definition) is 1. The predicted molar refractivity (Wildman–Crippen MR) is 63.7 cm³/mol. The second-order valence-electron chi connectivity index (χ2n) is 4.21. The number of hydrogen-bond acceptors (Lipinski definition) is 2. The van der Waals surface area contributed by atoms with Gasteiger partial charge in [-0.1, -0.05) is 13.3 Å². The van der Waals surface area contributed by atoms with E-state index < -0.39 is 11.6 Å². The standard InChI is InChI=1S/C12H15F2N3/c1-3-4-7(2)17-11-9(16-12(17)15)6-5-8(13)10(11)14/h5-7H,3-4H2,1-2H3,(H2,15,16). The quantitative estimate of drug-likeness (QED) is 0.893. The van der Waals surface area contributed by atoms with Gasteiger partial charge >= 0.3 is 0 Å². The molecular formula is C12H15F2N3. The maximum atomic E-state index is 13.8. The Morgan fingerprint density at radius 3 is 2.76 bits per heavy atom. The van der Waals surface area contributed by atoms with E-state index >= 15 is 0 Å². The van der Waals surface area contributed by atoms with Crippen LogP contribution in [0.25, 0.3) is 11.0 Å². The lowest BCUT2D eigenvalue weighted by Crippen LogP contribution is -2.09. The van der Waals surface area contributed by atoms with Gasteiger partial charge in [0.25, 0.3) is 0 Å². The van der Waals surface area contributed by atoms with Crippen molar-refractivity contribution in [1.29, 1.82) is 0 Å². The van der Waals surface area contributed by atoms with Crippen molar-refractivity contribution in [2.24, 2.45) is 0 Å². The van der Waals surface area contributed by atoms with Crippen LogP contribution in [0, 0.1) is 11.6 Å². The van der Waals surface area contributed by atoms with Gasteiger partial charge in [0.15, 0.2) is 11.6 Å². The lowest BCUT2D eigenvalue weighted by molar-refractivity contribution is 0.488. The largest absolute Gasteiger partial charge is 0.369 e. The molecule has 1 aromatic heterocycles. The maximum absolute atomic E-state index is 13.8. The third kappa shape index (κ3) is 1.85. The zero-order valence-electron chi connectivity index (χ0n) is 9.87. The number of nitrogens with zero attached hydrogens (tertiary/aromatic N) is 2. The Bertz CT molecular complexity index is 548. The maximum Gasteiger partial charge on any atom is 0.201 e. The minimum atomic E-state index is -0.880. The van der Waals surface area contributed by atoms with Gasteiger partial charge in [-0.15, -0.1) is 0 Å². The SMILES string of the molecule is CCCC(C)n1c(N)nc2ccc(F)c(F)c21. The van der Waals surface area contributed by atoms with E-state index in [1.807, 2.05) is 13.8 Å². The normalized spacial score (nSPS) is 13.2. The van der Waals surface area contributed by atoms with Gasteiger partial charge in [0, 0.05) is 6.04 Å². The topological polar surface area (TPSA) is 43.8 Å². The molecule has 2 aromatic rings. The Morgan fingerprint density at radius 1 is 1.41 bits per heavy atom. The summed E-state index contributed by atoms with van der Waals surface area (Å²) in [5.41, 5.74) is 6.32. The van der Waals surface area contributed by atoms with E-state index in [0.717, 1.165) is 18.9 Å². The Morgan fingerprint density at radius 2 is 2.12 bits per heavy atom. The summed E-state index contributed by atoms with van der Waals surface area (Å²) in [4.78, 5) is 4.05. The van der Waals surface area contributed by atoms with Crippen LogP contribution in [-0.4, -0.2) is 9.55 Å². The molecule has 17 heavy (non-hydrogen) atoms. The van der Waals surface area contributed by atoms with Crippen LogP contribution in [-0.2, 0) is 0 Å². The molecule has 5 heteroatoms. The summed E-state index contributed by atoms with van der Waals surface area (Å²) in [7, 11) is 0. The molecule has 1 atom stereocenters. The molecule has 1 unspecified atom stereocenters. The predicted octanol–water partition coefficient (Wildman–Crippen LogP) is 3.26. The number of benzene rings is 1.